The van der Waals surface area contributed by atoms with Crippen LogP contribution in [0.4, 0.5) is 0 Å². The fourth-order valence-electron chi connectivity index (χ4n) is 1.60. The Kier molecular flexibility index (Phi) is 4.50. The van der Waals surface area contributed by atoms with Gasteiger partial charge in [-0.2, -0.15) is 0 Å². The fraction of sp³-hybridized carbons (Fsp3) is 0.462. The molecule has 0 heterocycles. The second-order valence-corrected chi connectivity index (χ2v) is 3.86. The molecule has 0 fully saturated rings. The lowest BCUT2D eigenvalue weighted by molar-refractivity contribution is -0.143. The molecule has 0 aliphatic carbocycles. The van der Waals surface area contributed by atoms with Gasteiger partial charge in [0, 0.05) is 0 Å². The first-order chi connectivity index (χ1) is 7.60. The van der Waals surface area contributed by atoms with Gasteiger partial charge >= 0.3 is 5.97 Å². The number of hydrogen-bond acceptors (Lipinski definition) is 3. The highest BCUT2D eigenvalue weighted by Crippen LogP contribution is 2.18. The standard InChI is InChI=1S/C13H19NO2/c1-5-14-12(13(15)16-4)11-7-6-9(2)10(3)8-11/h6-8,12,14H,5H2,1-4H3. The van der Waals surface area contributed by atoms with Crippen LogP contribution in [0.15, 0.2) is 18.2 Å². The molecule has 88 valence electrons. The molecule has 0 aliphatic rings. The van der Waals surface area contributed by atoms with Crippen LogP contribution in [0.5, 0.6) is 0 Å². The van der Waals surface area contributed by atoms with Crippen LogP contribution in [0.25, 0.3) is 0 Å². The van der Waals surface area contributed by atoms with Gasteiger partial charge in [0.2, 0.25) is 0 Å². The van der Waals surface area contributed by atoms with Gasteiger partial charge in [0.1, 0.15) is 6.04 Å². The van der Waals surface area contributed by atoms with Crippen molar-refractivity contribution < 1.29 is 9.53 Å². The maximum absolute atomic E-state index is 11.6. The van der Waals surface area contributed by atoms with Crippen LogP contribution in [-0.4, -0.2) is 19.6 Å². The first kappa shape index (κ1) is 12.7. The van der Waals surface area contributed by atoms with Crippen LogP contribution >= 0.6 is 0 Å². The molecule has 1 aromatic rings. The van der Waals surface area contributed by atoms with Gasteiger partial charge in [-0.3, -0.25) is 0 Å². The SMILES string of the molecule is CCNC(C(=O)OC)c1ccc(C)c(C)c1. The number of carbonyl (C=O) groups is 1. The maximum Gasteiger partial charge on any atom is 0.327 e. The lowest BCUT2D eigenvalue weighted by Crippen LogP contribution is -2.29. The van der Waals surface area contributed by atoms with Crippen LogP contribution in [-0.2, 0) is 9.53 Å². The molecule has 0 aliphatic heterocycles. The third kappa shape index (κ3) is 2.83. The van der Waals surface area contributed by atoms with Gasteiger partial charge < -0.3 is 10.1 Å². The number of nitrogens with one attached hydrogen (secondary N) is 1. The Morgan fingerprint density at radius 1 is 1.38 bits per heavy atom. The van der Waals surface area contributed by atoms with Crippen LogP contribution in [0.2, 0.25) is 0 Å². The first-order valence-electron chi connectivity index (χ1n) is 5.48. The van der Waals surface area contributed by atoms with E-state index in [0.29, 0.717) is 0 Å². The van der Waals surface area contributed by atoms with Crippen LogP contribution in [0.1, 0.15) is 29.7 Å². The summed E-state index contributed by atoms with van der Waals surface area (Å²) in [4.78, 5) is 11.6. The smallest absolute Gasteiger partial charge is 0.327 e. The predicted octanol–water partition coefficient (Wildman–Crippen LogP) is 2.13. The molecular formula is C13H19NO2. The maximum atomic E-state index is 11.6. The number of aryl methyl sites for hydroxylation is 2. The van der Waals surface area contributed by atoms with Crippen molar-refractivity contribution in [1.82, 2.24) is 5.32 Å². The predicted molar refractivity (Wildman–Crippen MR) is 64.3 cm³/mol. The Balaban J connectivity index is 3.01. The van der Waals surface area contributed by atoms with Crippen molar-refractivity contribution in [3.8, 4) is 0 Å². The van der Waals surface area contributed by atoms with E-state index in [9.17, 15) is 4.79 Å². The summed E-state index contributed by atoms with van der Waals surface area (Å²) >= 11 is 0. The Hall–Kier alpha value is -1.35. The second kappa shape index (κ2) is 5.66. The van der Waals surface area contributed by atoms with Crippen molar-refractivity contribution >= 4 is 5.97 Å². The summed E-state index contributed by atoms with van der Waals surface area (Å²) < 4.78 is 4.79. The second-order valence-electron chi connectivity index (χ2n) is 3.86. The number of hydrogen-bond donors (Lipinski definition) is 1. The molecule has 3 heteroatoms. The number of benzene rings is 1. The van der Waals surface area contributed by atoms with Crippen molar-refractivity contribution in [3.05, 3.63) is 34.9 Å². The van der Waals surface area contributed by atoms with Gasteiger partial charge in [0.25, 0.3) is 0 Å². The molecule has 1 rings (SSSR count). The van der Waals surface area contributed by atoms with Gasteiger partial charge in [-0.15, -0.1) is 0 Å². The summed E-state index contributed by atoms with van der Waals surface area (Å²) in [7, 11) is 1.41. The minimum absolute atomic E-state index is 0.245. The molecule has 1 atom stereocenters. The molecule has 0 amide bonds. The van der Waals surface area contributed by atoms with Gasteiger partial charge in [-0.1, -0.05) is 25.1 Å². The van der Waals surface area contributed by atoms with E-state index in [1.54, 1.807) is 0 Å². The van der Waals surface area contributed by atoms with Gasteiger partial charge in [0.15, 0.2) is 0 Å². The Bertz CT molecular complexity index is 374. The lowest BCUT2D eigenvalue weighted by Gasteiger charge is -2.16. The fourth-order valence-corrected chi connectivity index (χ4v) is 1.60. The molecule has 3 nitrogen and oxygen atoms in total. The van der Waals surface area contributed by atoms with E-state index < -0.39 is 0 Å². The largest absolute Gasteiger partial charge is 0.468 e. The number of ether oxygens (including phenoxy) is 1. The summed E-state index contributed by atoms with van der Waals surface area (Å²) in [5, 5.41) is 3.12. The van der Waals surface area contributed by atoms with Gasteiger partial charge in [0.05, 0.1) is 7.11 Å². The Morgan fingerprint density at radius 3 is 2.56 bits per heavy atom. The van der Waals surface area contributed by atoms with Crippen molar-refractivity contribution in [3.63, 3.8) is 0 Å². The average molecular weight is 221 g/mol. The lowest BCUT2D eigenvalue weighted by atomic mass is 10.0. The number of likely N-dealkylation sites (N-methyl/N-ethyl adjacent to an activating group) is 1. The zero-order chi connectivity index (χ0) is 12.1. The molecular weight excluding hydrogens is 202 g/mol. The summed E-state index contributed by atoms with van der Waals surface area (Å²) in [6.45, 7) is 6.79. The third-order valence-electron chi connectivity index (χ3n) is 2.71. The van der Waals surface area contributed by atoms with E-state index >= 15 is 0 Å². The zero-order valence-electron chi connectivity index (χ0n) is 10.3. The highest BCUT2D eigenvalue weighted by Gasteiger charge is 2.20. The highest BCUT2D eigenvalue weighted by atomic mass is 16.5. The summed E-state index contributed by atoms with van der Waals surface area (Å²) in [6.07, 6.45) is 0. The van der Waals surface area contributed by atoms with Gasteiger partial charge in [-0.05, 0) is 37.1 Å². The van der Waals surface area contributed by atoms with Crippen molar-refractivity contribution in [2.75, 3.05) is 13.7 Å². The van der Waals surface area contributed by atoms with Crippen LogP contribution < -0.4 is 5.32 Å². The molecule has 1 unspecified atom stereocenters. The van der Waals surface area contributed by atoms with Crippen LogP contribution in [0.3, 0.4) is 0 Å². The van der Waals surface area contributed by atoms with E-state index in [1.807, 2.05) is 32.0 Å². The van der Waals surface area contributed by atoms with E-state index in [2.05, 4.69) is 12.2 Å². The molecule has 1 N–H and O–H groups in total. The third-order valence-corrected chi connectivity index (χ3v) is 2.71. The summed E-state index contributed by atoms with van der Waals surface area (Å²) in [5.41, 5.74) is 3.37. The number of carbonyl (C=O) groups excluding carboxylic acids is 1. The molecule has 0 saturated heterocycles. The Morgan fingerprint density at radius 2 is 2.06 bits per heavy atom. The summed E-state index contributed by atoms with van der Waals surface area (Å²) in [6, 6.07) is 5.65. The topological polar surface area (TPSA) is 38.3 Å². The van der Waals surface area contributed by atoms with E-state index in [4.69, 9.17) is 4.74 Å². The molecule has 0 radical (unpaired) electrons. The van der Waals surface area contributed by atoms with Gasteiger partial charge in [-0.25, -0.2) is 4.79 Å². The van der Waals surface area contributed by atoms with E-state index in [1.165, 1.54) is 18.2 Å². The molecule has 0 saturated carbocycles. The van der Waals surface area contributed by atoms with E-state index in [0.717, 1.165) is 12.1 Å². The number of rotatable bonds is 4. The molecule has 0 aromatic heterocycles. The first-order valence-corrected chi connectivity index (χ1v) is 5.48. The minimum Gasteiger partial charge on any atom is -0.468 e. The molecule has 16 heavy (non-hydrogen) atoms. The Labute approximate surface area is 96.8 Å². The van der Waals surface area contributed by atoms with Crippen LogP contribution in [0, 0.1) is 13.8 Å². The highest BCUT2D eigenvalue weighted by molar-refractivity contribution is 5.77. The van der Waals surface area contributed by atoms with E-state index in [-0.39, 0.29) is 12.0 Å². The molecule has 1 aromatic carbocycles. The normalized spacial score (nSPS) is 12.2. The number of esters is 1. The molecule has 0 bridgehead atoms. The quantitative estimate of drug-likeness (QED) is 0.791. The van der Waals surface area contributed by atoms with Crippen molar-refractivity contribution in [2.45, 2.75) is 26.8 Å². The minimum atomic E-state index is -0.366. The number of methoxy groups -OCH3 is 1. The van der Waals surface area contributed by atoms with Crippen molar-refractivity contribution in [2.24, 2.45) is 0 Å². The molecule has 0 spiro atoms. The summed E-state index contributed by atoms with van der Waals surface area (Å²) in [5.74, 6) is -0.245. The monoisotopic (exact) mass is 221 g/mol. The average Bonchev–Trinajstić information content (AvgIpc) is 2.29. The van der Waals surface area contributed by atoms with Crippen molar-refractivity contribution in [1.29, 1.82) is 0 Å². The zero-order valence-corrected chi connectivity index (χ0v) is 10.3.